The zero-order chi connectivity index (χ0) is 19.2. The van der Waals surface area contributed by atoms with E-state index in [-0.39, 0.29) is 35.8 Å². The molecule has 0 spiro atoms. The largest absolute Gasteiger partial charge is 0.433 e. The van der Waals surface area contributed by atoms with Crippen LogP contribution < -0.4 is 20.3 Å². The maximum absolute atomic E-state index is 12.6. The van der Waals surface area contributed by atoms with Crippen LogP contribution in [0, 0.1) is 6.92 Å². The average molecular weight is 522 g/mol. The lowest BCUT2D eigenvalue weighted by molar-refractivity contribution is -0.0495. The number of halogens is 3. The van der Waals surface area contributed by atoms with Crippen LogP contribution in [0.4, 0.5) is 14.5 Å². The quantitative estimate of drug-likeness (QED) is 0.339. The lowest BCUT2D eigenvalue weighted by Crippen LogP contribution is -2.44. The van der Waals surface area contributed by atoms with Gasteiger partial charge in [0.05, 0.1) is 12.2 Å². The third-order valence-corrected chi connectivity index (χ3v) is 5.40. The van der Waals surface area contributed by atoms with Gasteiger partial charge in [0.2, 0.25) is 0 Å². The van der Waals surface area contributed by atoms with Crippen molar-refractivity contribution >= 4 is 47.0 Å². The summed E-state index contributed by atoms with van der Waals surface area (Å²) < 4.78 is 29.9. The number of hydrogen-bond acceptors (Lipinski definition) is 4. The van der Waals surface area contributed by atoms with E-state index in [0.29, 0.717) is 12.2 Å². The lowest BCUT2D eigenvalue weighted by Gasteiger charge is -2.22. The molecule has 1 aliphatic heterocycles. The molecule has 154 valence electrons. The first-order valence-corrected chi connectivity index (χ1v) is 9.68. The van der Waals surface area contributed by atoms with Gasteiger partial charge >= 0.3 is 6.61 Å². The van der Waals surface area contributed by atoms with E-state index in [1.807, 2.05) is 12.1 Å². The second kappa shape index (κ2) is 10.8. The average Bonchev–Trinajstić information content (AvgIpc) is 3.27. The fourth-order valence-electron chi connectivity index (χ4n) is 3.15. The summed E-state index contributed by atoms with van der Waals surface area (Å²) in [5.74, 6) is 0.953. The Bertz CT molecular complexity index is 787. The number of anilines is 1. The summed E-state index contributed by atoms with van der Waals surface area (Å²) in [6, 6.07) is 11.3. The van der Waals surface area contributed by atoms with E-state index in [0.717, 1.165) is 25.5 Å². The van der Waals surface area contributed by atoms with Gasteiger partial charge < -0.3 is 20.3 Å². The van der Waals surface area contributed by atoms with Gasteiger partial charge in [0.15, 0.2) is 5.96 Å². The fourth-order valence-corrected chi connectivity index (χ4v) is 3.98. The van der Waals surface area contributed by atoms with Crippen molar-refractivity contribution in [1.29, 1.82) is 0 Å². The van der Waals surface area contributed by atoms with Gasteiger partial charge in [-0.05, 0) is 37.6 Å². The topological polar surface area (TPSA) is 48.9 Å². The van der Waals surface area contributed by atoms with Crippen molar-refractivity contribution in [2.75, 3.05) is 25.0 Å². The first kappa shape index (κ1) is 22.7. The molecule has 0 saturated carbocycles. The summed E-state index contributed by atoms with van der Waals surface area (Å²) in [6.45, 7) is 1.45. The number of nitrogens with one attached hydrogen (secondary N) is 2. The number of ether oxygens (including phenoxy) is 1. The maximum Gasteiger partial charge on any atom is 0.387 e. The Morgan fingerprint density at radius 3 is 2.79 bits per heavy atom. The molecule has 1 atom stereocenters. The van der Waals surface area contributed by atoms with Gasteiger partial charge in [0.1, 0.15) is 5.75 Å². The molecule has 1 unspecified atom stereocenters. The zero-order valence-electron chi connectivity index (χ0n) is 15.8. The van der Waals surface area contributed by atoms with Gasteiger partial charge in [-0.15, -0.1) is 35.3 Å². The first-order chi connectivity index (χ1) is 13.0. The number of alkyl halides is 2. The van der Waals surface area contributed by atoms with E-state index in [4.69, 9.17) is 0 Å². The second-order valence-corrected chi connectivity index (χ2v) is 7.73. The third-order valence-electron chi connectivity index (χ3n) is 4.40. The molecule has 1 saturated heterocycles. The van der Waals surface area contributed by atoms with Gasteiger partial charge in [0, 0.05) is 35.9 Å². The summed E-state index contributed by atoms with van der Waals surface area (Å²) in [4.78, 5) is 8.88. The lowest BCUT2D eigenvalue weighted by atomic mass is 10.2. The molecule has 3 rings (SSSR count). The van der Waals surface area contributed by atoms with Gasteiger partial charge in [-0.3, -0.25) is 4.99 Å². The van der Waals surface area contributed by atoms with Crippen molar-refractivity contribution in [3.63, 3.8) is 0 Å². The number of rotatable bonds is 6. The molecule has 0 amide bonds. The Balaban J connectivity index is 0.00000280. The number of guanidine groups is 1. The molecule has 1 fully saturated rings. The first-order valence-electron chi connectivity index (χ1n) is 8.86. The van der Waals surface area contributed by atoms with Crippen LogP contribution in [0.25, 0.3) is 0 Å². The predicted molar refractivity (Wildman–Crippen MR) is 121 cm³/mol. The van der Waals surface area contributed by atoms with Crippen molar-refractivity contribution in [2.24, 2.45) is 4.99 Å². The summed E-state index contributed by atoms with van der Waals surface area (Å²) in [5.41, 5.74) is 0.694. The van der Waals surface area contributed by atoms with Crippen LogP contribution in [0.2, 0.25) is 0 Å². The van der Waals surface area contributed by atoms with Crippen LogP contribution in [0.15, 0.2) is 41.4 Å². The standard InChI is InChI=1S/C19H24F2N4OS.HI/c1-13-7-8-15(27-13)11-23-19(22-2)24-14-9-10-25(12-14)16-5-3-4-6-17(16)26-18(20)21;/h3-8,14,18H,9-12H2,1-2H3,(H2,22,23,24);1H. The van der Waals surface area contributed by atoms with Crippen molar-refractivity contribution in [2.45, 2.75) is 32.5 Å². The van der Waals surface area contributed by atoms with E-state index in [1.165, 1.54) is 9.75 Å². The molecule has 0 aliphatic carbocycles. The minimum Gasteiger partial charge on any atom is -0.433 e. The zero-order valence-corrected chi connectivity index (χ0v) is 19.0. The van der Waals surface area contributed by atoms with Crippen LogP contribution in [-0.2, 0) is 6.54 Å². The van der Waals surface area contributed by atoms with Crippen LogP contribution >= 0.6 is 35.3 Å². The van der Waals surface area contributed by atoms with Crippen LogP contribution in [0.1, 0.15) is 16.2 Å². The molecule has 5 nitrogen and oxygen atoms in total. The van der Waals surface area contributed by atoms with Crippen molar-refractivity contribution < 1.29 is 13.5 Å². The smallest absolute Gasteiger partial charge is 0.387 e. The van der Waals surface area contributed by atoms with Gasteiger partial charge in [0.25, 0.3) is 0 Å². The van der Waals surface area contributed by atoms with Crippen LogP contribution in [0.3, 0.4) is 0 Å². The molecular formula is C19H25F2IN4OS. The minimum absolute atomic E-state index is 0. The van der Waals surface area contributed by atoms with Gasteiger partial charge in [-0.1, -0.05) is 12.1 Å². The van der Waals surface area contributed by atoms with E-state index < -0.39 is 6.61 Å². The highest BCUT2D eigenvalue weighted by Gasteiger charge is 2.26. The van der Waals surface area contributed by atoms with Crippen molar-refractivity contribution in [3.8, 4) is 5.75 Å². The third kappa shape index (κ3) is 6.20. The molecule has 0 radical (unpaired) electrons. The van der Waals surface area contributed by atoms with Gasteiger partial charge in [-0.25, -0.2) is 0 Å². The van der Waals surface area contributed by atoms with E-state index in [9.17, 15) is 8.78 Å². The molecule has 0 bridgehead atoms. The molecule has 1 aromatic heterocycles. The highest BCUT2D eigenvalue weighted by atomic mass is 127. The Labute approximate surface area is 185 Å². The minimum atomic E-state index is -2.83. The summed E-state index contributed by atoms with van der Waals surface area (Å²) >= 11 is 1.76. The predicted octanol–water partition coefficient (Wildman–Crippen LogP) is 4.22. The summed E-state index contributed by atoms with van der Waals surface area (Å²) in [6.07, 6.45) is 0.891. The van der Waals surface area contributed by atoms with Crippen molar-refractivity contribution in [1.82, 2.24) is 10.6 Å². The highest BCUT2D eigenvalue weighted by molar-refractivity contribution is 14.0. The number of para-hydroxylation sites is 2. The van der Waals surface area contributed by atoms with Crippen molar-refractivity contribution in [3.05, 3.63) is 46.2 Å². The number of benzene rings is 1. The molecule has 28 heavy (non-hydrogen) atoms. The molecule has 1 aromatic carbocycles. The van der Waals surface area contributed by atoms with E-state index in [2.05, 4.69) is 44.3 Å². The molecule has 2 heterocycles. The van der Waals surface area contributed by atoms with E-state index >= 15 is 0 Å². The number of hydrogen-bond donors (Lipinski definition) is 2. The SMILES string of the molecule is CN=C(NCc1ccc(C)s1)NC1CCN(c2ccccc2OC(F)F)C1.I. The highest BCUT2D eigenvalue weighted by Crippen LogP contribution is 2.31. The van der Waals surface area contributed by atoms with Gasteiger partial charge in [-0.2, -0.15) is 8.78 Å². The monoisotopic (exact) mass is 522 g/mol. The number of thiophene rings is 1. The number of nitrogens with zero attached hydrogens (tertiary/aromatic N) is 2. The number of aliphatic imine (C=N–C) groups is 1. The Hall–Kier alpha value is -1.62. The molecule has 1 aliphatic rings. The summed E-state index contributed by atoms with van der Waals surface area (Å²) in [7, 11) is 1.74. The van der Waals surface area contributed by atoms with Crippen LogP contribution in [0.5, 0.6) is 5.75 Å². The summed E-state index contributed by atoms with van der Waals surface area (Å²) in [5, 5.41) is 6.74. The Morgan fingerprint density at radius 2 is 2.11 bits per heavy atom. The molecular weight excluding hydrogens is 497 g/mol. The second-order valence-electron chi connectivity index (χ2n) is 6.36. The molecule has 2 aromatic rings. The normalized spacial score (nSPS) is 16.8. The number of aryl methyl sites for hydroxylation is 1. The Morgan fingerprint density at radius 1 is 1.32 bits per heavy atom. The fraction of sp³-hybridized carbons (Fsp3) is 0.421. The van der Waals surface area contributed by atoms with E-state index in [1.54, 1.807) is 30.5 Å². The maximum atomic E-state index is 12.6. The molecule has 2 N–H and O–H groups in total. The Kier molecular flexibility index (Phi) is 8.74. The molecule has 9 heteroatoms. The van der Waals surface area contributed by atoms with Crippen LogP contribution in [-0.4, -0.2) is 38.8 Å².